The molecule has 6 rings (SSSR count). The average molecular weight is 601 g/mol. The van der Waals surface area contributed by atoms with Crippen molar-refractivity contribution in [2.75, 3.05) is 12.3 Å². The number of nitrogen functional groups attached to an aromatic ring is 1. The molecule has 1 saturated carbocycles. The molecule has 15 nitrogen and oxygen atoms in total. The van der Waals surface area contributed by atoms with Gasteiger partial charge in [-0.15, -0.1) is 0 Å². The summed E-state index contributed by atoms with van der Waals surface area (Å²) in [5, 5.41) is 25.8. The highest BCUT2D eigenvalue weighted by Gasteiger charge is 2.65. The van der Waals surface area contributed by atoms with E-state index in [9.17, 15) is 19.9 Å². The SMILES string of the molecule is CC1(C)O[C@H]2[C@H](c3ccc4c(N)ncnn34)O[C@](C#N)(COP(=O)(Oc3ccc([N+](=O)[O-])cc3)OC3CCCC3)[C@H]2O1. The number of ether oxygens (including phenoxy) is 3. The largest absolute Gasteiger partial charge is 0.530 e. The van der Waals surface area contributed by atoms with Gasteiger partial charge >= 0.3 is 7.82 Å². The minimum atomic E-state index is -4.37. The molecule has 2 saturated heterocycles. The second-order valence-corrected chi connectivity index (χ2v) is 12.4. The molecule has 1 aliphatic carbocycles. The van der Waals surface area contributed by atoms with Gasteiger partial charge in [0.2, 0.25) is 5.60 Å². The number of nitriles is 1. The lowest BCUT2D eigenvalue weighted by molar-refractivity contribution is -0.384. The molecule has 3 aliphatic rings. The molecule has 3 fully saturated rings. The fraction of sp³-hybridized carbons (Fsp3) is 0.500. The molecule has 2 aromatic heterocycles. The topological polar surface area (TPSA) is 196 Å². The minimum Gasteiger partial charge on any atom is -0.404 e. The first kappa shape index (κ1) is 28.5. The molecule has 0 spiro atoms. The Morgan fingerprint density at radius 1 is 1.19 bits per heavy atom. The summed E-state index contributed by atoms with van der Waals surface area (Å²) >= 11 is 0. The normalized spacial score (nSPS) is 28.4. The number of nitro groups is 1. The van der Waals surface area contributed by atoms with E-state index < -0.39 is 49.1 Å². The van der Waals surface area contributed by atoms with Crippen LogP contribution in [0.4, 0.5) is 11.5 Å². The number of hydrogen-bond donors (Lipinski definition) is 1. The molecule has 5 atom stereocenters. The number of benzene rings is 1. The van der Waals surface area contributed by atoms with Crippen LogP contribution in [-0.4, -0.2) is 55.8 Å². The second kappa shape index (κ2) is 10.6. The lowest BCUT2D eigenvalue weighted by Crippen LogP contribution is -2.46. The van der Waals surface area contributed by atoms with Crippen LogP contribution >= 0.6 is 7.82 Å². The minimum absolute atomic E-state index is 0.0366. The van der Waals surface area contributed by atoms with Crippen molar-refractivity contribution in [3.63, 3.8) is 0 Å². The van der Waals surface area contributed by atoms with Gasteiger partial charge in [-0.3, -0.25) is 19.2 Å². The van der Waals surface area contributed by atoms with E-state index in [4.69, 9.17) is 33.5 Å². The van der Waals surface area contributed by atoms with Gasteiger partial charge in [0, 0.05) is 12.1 Å². The first-order chi connectivity index (χ1) is 20.0. The number of hydrogen-bond acceptors (Lipinski definition) is 13. The van der Waals surface area contributed by atoms with Crippen LogP contribution < -0.4 is 10.3 Å². The summed E-state index contributed by atoms with van der Waals surface area (Å²) in [5.41, 5.74) is 5.14. The smallest absolute Gasteiger partial charge is 0.404 e. The standard InChI is InChI=1S/C26H29N6O9P/c1-25(2)37-22-21(19-11-12-20-24(28)29-15-30-31(19)20)38-26(13-27,23(22)39-25)14-36-42(35,40-17-5-3-4-6-17)41-18-9-7-16(8-10-18)32(33)34/h7-12,15,17,21-23H,3-6,14H2,1-2H3,(H2,28,29,30)/t21-,22-,23-,26+,42?/m0/s1. The van der Waals surface area contributed by atoms with Gasteiger partial charge in [0.15, 0.2) is 11.6 Å². The maximum atomic E-state index is 14.0. The highest BCUT2D eigenvalue weighted by molar-refractivity contribution is 7.49. The van der Waals surface area contributed by atoms with Crippen molar-refractivity contribution in [2.24, 2.45) is 0 Å². The molecule has 0 bridgehead atoms. The highest BCUT2D eigenvalue weighted by atomic mass is 31.2. The first-order valence-electron chi connectivity index (χ1n) is 13.4. The van der Waals surface area contributed by atoms with Crippen molar-refractivity contribution < 1.29 is 37.3 Å². The summed E-state index contributed by atoms with van der Waals surface area (Å²) < 4.78 is 51.7. The third-order valence-corrected chi connectivity index (χ3v) is 8.93. The number of fused-ring (bicyclic) bond motifs is 2. The van der Waals surface area contributed by atoms with Crippen molar-refractivity contribution >= 4 is 24.8 Å². The van der Waals surface area contributed by atoms with E-state index in [0.717, 1.165) is 12.8 Å². The summed E-state index contributed by atoms with van der Waals surface area (Å²) in [7, 11) is -4.37. The van der Waals surface area contributed by atoms with Crippen molar-refractivity contribution in [1.82, 2.24) is 14.6 Å². The highest BCUT2D eigenvalue weighted by Crippen LogP contribution is 2.56. The van der Waals surface area contributed by atoms with E-state index in [-0.39, 0.29) is 23.4 Å². The van der Waals surface area contributed by atoms with Crippen LogP contribution in [0, 0.1) is 21.4 Å². The van der Waals surface area contributed by atoms with Gasteiger partial charge in [-0.1, -0.05) is 12.8 Å². The number of phosphoric acid groups is 1. The molecule has 4 heterocycles. The zero-order chi connectivity index (χ0) is 29.7. The van der Waals surface area contributed by atoms with Crippen LogP contribution in [0.25, 0.3) is 5.52 Å². The number of nitrogens with two attached hydrogens (primary N) is 1. The molecule has 1 unspecified atom stereocenters. The Balaban J connectivity index is 1.30. The predicted molar refractivity (Wildman–Crippen MR) is 144 cm³/mol. The quantitative estimate of drug-likeness (QED) is 0.208. The number of phosphoric ester groups is 1. The fourth-order valence-corrected chi connectivity index (χ4v) is 7.04. The van der Waals surface area contributed by atoms with Gasteiger partial charge in [-0.05, 0) is 51.0 Å². The zero-order valence-corrected chi connectivity index (χ0v) is 23.7. The van der Waals surface area contributed by atoms with Crippen molar-refractivity contribution in [1.29, 1.82) is 5.26 Å². The van der Waals surface area contributed by atoms with Gasteiger partial charge in [0.05, 0.1) is 16.7 Å². The van der Waals surface area contributed by atoms with Gasteiger partial charge in [0.25, 0.3) is 5.69 Å². The summed E-state index contributed by atoms with van der Waals surface area (Å²) in [5.74, 6) is -0.771. The number of aromatic nitrogens is 3. The Morgan fingerprint density at radius 3 is 2.62 bits per heavy atom. The maximum absolute atomic E-state index is 14.0. The molecule has 16 heteroatoms. The third kappa shape index (κ3) is 5.22. The van der Waals surface area contributed by atoms with E-state index in [1.165, 1.54) is 30.6 Å². The third-order valence-electron chi connectivity index (χ3n) is 7.50. The molecule has 222 valence electrons. The average Bonchev–Trinajstić information content (AvgIpc) is 3.73. The molecule has 2 aliphatic heterocycles. The Bertz CT molecular complexity index is 1590. The second-order valence-electron chi connectivity index (χ2n) is 10.8. The monoisotopic (exact) mass is 600 g/mol. The lowest BCUT2D eigenvalue weighted by Gasteiger charge is -2.30. The van der Waals surface area contributed by atoms with Crippen LogP contribution in [0.1, 0.15) is 51.3 Å². The first-order valence-corrected chi connectivity index (χ1v) is 14.9. The van der Waals surface area contributed by atoms with E-state index in [1.54, 1.807) is 30.5 Å². The molecule has 1 aromatic carbocycles. The molecular weight excluding hydrogens is 571 g/mol. The van der Waals surface area contributed by atoms with Crippen LogP contribution in [0.2, 0.25) is 0 Å². The van der Waals surface area contributed by atoms with E-state index in [2.05, 4.69) is 16.2 Å². The van der Waals surface area contributed by atoms with Gasteiger partial charge in [-0.25, -0.2) is 14.1 Å². The summed E-state index contributed by atoms with van der Waals surface area (Å²) in [4.78, 5) is 14.5. The predicted octanol–water partition coefficient (Wildman–Crippen LogP) is 4.24. The number of non-ortho nitro benzene ring substituents is 1. The number of nitro benzene ring substituents is 1. The van der Waals surface area contributed by atoms with Crippen LogP contribution in [0.3, 0.4) is 0 Å². The molecular formula is C26H29N6O9P. The van der Waals surface area contributed by atoms with E-state index in [0.29, 0.717) is 24.1 Å². The Labute approximate surface area is 240 Å². The zero-order valence-electron chi connectivity index (χ0n) is 22.8. The Kier molecular flexibility index (Phi) is 7.17. The lowest BCUT2D eigenvalue weighted by atomic mass is 9.96. The van der Waals surface area contributed by atoms with Crippen molar-refractivity contribution in [3.8, 4) is 11.8 Å². The number of anilines is 1. The van der Waals surface area contributed by atoms with Crippen molar-refractivity contribution in [2.45, 2.75) is 75.3 Å². The van der Waals surface area contributed by atoms with Gasteiger partial charge < -0.3 is 24.5 Å². The summed E-state index contributed by atoms with van der Waals surface area (Å²) in [6.45, 7) is 2.87. The number of rotatable bonds is 9. The number of nitrogens with zero attached hydrogens (tertiary/aromatic N) is 5. The summed E-state index contributed by atoms with van der Waals surface area (Å²) in [6.07, 6.45) is 1.44. The molecule has 0 amide bonds. The fourth-order valence-electron chi connectivity index (χ4n) is 5.57. The van der Waals surface area contributed by atoms with Crippen LogP contribution in [0.15, 0.2) is 42.7 Å². The van der Waals surface area contributed by atoms with Crippen LogP contribution in [-0.2, 0) is 27.8 Å². The molecule has 2 N–H and O–H groups in total. The van der Waals surface area contributed by atoms with E-state index in [1.807, 2.05) is 0 Å². The Hall–Kier alpha value is -3.64. The van der Waals surface area contributed by atoms with Crippen molar-refractivity contribution in [3.05, 3.63) is 58.5 Å². The van der Waals surface area contributed by atoms with E-state index >= 15 is 0 Å². The Morgan fingerprint density at radius 2 is 1.93 bits per heavy atom. The maximum Gasteiger partial charge on any atom is 0.530 e. The summed E-state index contributed by atoms with van der Waals surface area (Å²) in [6, 6.07) is 10.7. The van der Waals surface area contributed by atoms with Gasteiger partial charge in [0.1, 0.15) is 48.6 Å². The van der Waals surface area contributed by atoms with Crippen LogP contribution in [0.5, 0.6) is 5.75 Å². The molecule has 3 aromatic rings. The molecule has 42 heavy (non-hydrogen) atoms. The van der Waals surface area contributed by atoms with Gasteiger partial charge in [-0.2, -0.15) is 10.4 Å². The molecule has 0 radical (unpaired) electrons.